The second kappa shape index (κ2) is 3.81. The molecule has 0 aromatic heterocycles. The highest BCUT2D eigenvalue weighted by molar-refractivity contribution is 9.10. The average Bonchev–Trinajstić information content (AvgIpc) is 2.17. The van der Waals surface area contributed by atoms with Gasteiger partial charge in [0.1, 0.15) is 0 Å². The van der Waals surface area contributed by atoms with Gasteiger partial charge < -0.3 is 0 Å². The molecule has 2 rings (SSSR count). The van der Waals surface area contributed by atoms with Crippen molar-refractivity contribution in [2.24, 2.45) is 0 Å². The van der Waals surface area contributed by atoms with Gasteiger partial charge >= 0.3 is 0 Å². The van der Waals surface area contributed by atoms with Crippen molar-refractivity contribution in [1.29, 1.82) is 0 Å². The van der Waals surface area contributed by atoms with Gasteiger partial charge in [0.05, 0.1) is 0 Å². The normalized spacial score (nSPS) is 10.6. The Kier molecular flexibility index (Phi) is 2.70. The lowest BCUT2D eigenvalue weighted by Gasteiger charge is -2.00. The number of rotatable bonds is 1. The van der Waals surface area contributed by atoms with Crippen molar-refractivity contribution in [3.8, 4) is 0 Å². The molecule has 0 N–H and O–H groups in total. The molecule has 0 aliphatic carbocycles. The zero-order valence-electron chi connectivity index (χ0n) is 6.93. The van der Waals surface area contributed by atoms with Crippen LogP contribution in [0.15, 0.2) is 40.9 Å². The standard InChI is InChI=1S/C11H8Br2/c12-7-8-1-2-10-6-11(13)4-3-9(10)5-8/h1-6H,7H2. The maximum atomic E-state index is 3.46. The van der Waals surface area contributed by atoms with Crippen LogP contribution in [0.25, 0.3) is 10.8 Å². The second-order valence-corrected chi connectivity index (χ2v) is 4.44. The minimum Gasteiger partial charge on any atom is -0.0876 e. The van der Waals surface area contributed by atoms with Crippen molar-refractivity contribution in [1.82, 2.24) is 0 Å². The minimum atomic E-state index is 0.916. The van der Waals surface area contributed by atoms with E-state index in [4.69, 9.17) is 0 Å². The summed E-state index contributed by atoms with van der Waals surface area (Å²) in [7, 11) is 0. The van der Waals surface area contributed by atoms with Crippen molar-refractivity contribution in [2.75, 3.05) is 0 Å². The molecule has 0 saturated carbocycles. The van der Waals surface area contributed by atoms with Crippen molar-refractivity contribution in [3.05, 3.63) is 46.4 Å². The zero-order valence-corrected chi connectivity index (χ0v) is 10.1. The van der Waals surface area contributed by atoms with Crippen LogP contribution < -0.4 is 0 Å². The minimum absolute atomic E-state index is 0.916. The van der Waals surface area contributed by atoms with Gasteiger partial charge in [0.15, 0.2) is 0 Å². The van der Waals surface area contributed by atoms with E-state index >= 15 is 0 Å². The van der Waals surface area contributed by atoms with Crippen LogP contribution in [-0.4, -0.2) is 0 Å². The first-order chi connectivity index (χ1) is 6.29. The highest BCUT2D eigenvalue weighted by Crippen LogP contribution is 2.21. The first-order valence-corrected chi connectivity index (χ1v) is 5.95. The van der Waals surface area contributed by atoms with E-state index in [0.29, 0.717) is 0 Å². The fraction of sp³-hybridized carbons (Fsp3) is 0.0909. The molecule has 0 radical (unpaired) electrons. The third-order valence-electron chi connectivity index (χ3n) is 2.02. The van der Waals surface area contributed by atoms with Crippen LogP contribution in [0.1, 0.15) is 5.56 Å². The summed E-state index contributed by atoms with van der Waals surface area (Å²) in [4.78, 5) is 0. The van der Waals surface area contributed by atoms with Crippen LogP contribution in [0, 0.1) is 0 Å². The number of fused-ring (bicyclic) bond motifs is 1. The van der Waals surface area contributed by atoms with Crippen molar-refractivity contribution in [2.45, 2.75) is 5.33 Å². The van der Waals surface area contributed by atoms with E-state index in [1.54, 1.807) is 0 Å². The first kappa shape index (κ1) is 9.22. The summed E-state index contributed by atoms with van der Waals surface area (Å²) in [6, 6.07) is 12.8. The molecule has 2 aromatic rings. The Morgan fingerprint density at radius 3 is 2.38 bits per heavy atom. The molecule has 0 unspecified atom stereocenters. The van der Waals surface area contributed by atoms with E-state index in [-0.39, 0.29) is 0 Å². The first-order valence-electron chi connectivity index (χ1n) is 4.04. The Balaban J connectivity index is 2.66. The van der Waals surface area contributed by atoms with Gasteiger partial charge in [-0.2, -0.15) is 0 Å². The predicted octanol–water partition coefficient (Wildman–Crippen LogP) is 4.50. The lowest BCUT2D eigenvalue weighted by Crippen LogP contribution is -1.78. The van der Waals surface area contributed by atoms with Gasteiger partial charge in [0, 0.05) is 9.80 Å². The molecule has 0 atom stereocenters. The van der Waals surface area contributed by atoms with E-state index in [1.165, 1.54) is 16.3 Å². The number of hydrogen-bond acceptors (Lipinski definition) is 0. The summed E-state index contributed by atoms with van der Waals surface area (Å²) >= 11 is 6.91. The Hall–Kier alpha value is -0.340. The number of halogens is 2. The molecule has 0 heterocycles. The molecular formula is C11H8Br2. The largest absolute Gasteiger partial charge is 0.0876 e. The van der Waals surface area contributed by atoms with Gasteiger partial charge in [-0.3, -0.25) is 0 Å². The average molecular weight is 300 g/mol. The van der Waals surface area contributed by atoms with Crippen LogP contribution in [-0.2, 0) is 5.33 Å². The molecule has 2 aromatic carbocycles. The van der Waals surface area contributed by atoms with E-state index < -0.39 is 0 Å². The Labute approximate surface area is 94.2 Å². The van der Waals surface area contributed by atoms with E-state index in [0.717, 1.165) is 9.80 Å². The molecule has 0 amide bonds. The van der Waals surface area contributed by atoms with Crippen LogP contribution >= 0.6 is 31.9 Å². The smallest absolute Gasteiger partial charge is 0.0283 e. The molecule has 2 heteroatoms. The number of hydrogen-bond donors (Lipinski definition) is 0. The van der Waals surface area contributed by atoms with E-state index in [1.807, 2.05) is 0 Å². The summed E-state index contributed by atoms with van der Waals surface area (Å²) in [5.74, 6) is 0. The molecular weight excluding hydrogens is 292 g/mol. The van der Waals surface area contributed by atoms with Gasteiger partial charge in [-0.25, -0.2) is 0 Å². The van der Waals surface area contributed by atoms with Gasteiger partial charge in [-0.1, -0.05) is 56.1 Å². The zero-order chi connectivity index (χ0) is 9.26. The molecule has 0 bridgehead atoms. The van der Waals surface area contributed by atoms with Crippen molar-refractivity contribution >= 4 is 42.6 Å². The molecule has 13 heavy (non-hydrogen) atoms. The van der Waals surface area contributed by atoms with Gasteiger partial charge in [-0.15, -0.1) is 0 Å². The lowest BCUT2D eigenvalue weighted by molar-refractivity contribution is 1.46. The van der Waals surface area contributed by atoms with Crippen LogP contribution in [0.5, 0.6) is 0 Å². The molecule has 0 aliphatic heterocycles. The molecule has 0 saturated heterocycles. The third kappa shape index (κ3) is 1.94. The topological polar surface area (TPSA) is 0 Å². The van der Waals surface area contributed by atoms with Crippen LogP contribution in [0.2, 0.25) is 0 Å². The fourth-order valence-corrected chi connectivity index (χ4v) is 2.08. The summed E-state index contributed by atoms with van der Waals surface area (Å²) in [5, 5.41) is 3.48. The molecule has 0 aliphatic rings. The molecule has 0 nitrogen and oxygen atoms in total. The summed E-state index contributed by atoms with van der Waals surface area (Å²) < 4.78 is 1.13. The van der Waals surface area contributed by atoms with E-state index in [9.17, 15) is 0 Å². The second-order valence-electron chi connectivity index (χ2n) is 2.96. The maximum absolute atomic E-state index is 3.46. The van der Waals surface area contributed by atoms with Crippen molar-refractivity contribution in [3.63, 3.8) is 0 Å². The molecule has 66 valence electrons. The predicted molar refractivity (Wildman–Crippen MR) is 64.3 cm³/mol. The third-order valence-corrected chi connectivity index (χ3v) is 3.16. The molecule has 0 spiro atoms. The highest BCUT2D eigenvalue weighted by atomic mass is 79.9. The van der Waals surface area contributed by atoms with Gasteiger partial charge in [0.2, 0.25) is 0 Å². The quantitative estimate of drug-likeness (QED) is 0.680. The lowest BCUT2D eigenvalue weighted by atomic mass is 10.1. The summed E-state index contributed by atoms with van der Waals surface area (Å²) in [6.07, 6.45) is 0. The Morgan fingerprint density at radius 2 is 1.62 bits per heavy atom. The SMILES string of the molecule is BrCc1ccc2cc(Br)ccc2c1. The Bertz CT molecular complexity index is 435. The van der Waals surface area contributed by atoms with Gasteiger partial charge in [0.25, 0.3) is 0 Å². The summed E-state index contributed by atoms with van der Waals surface area (Å²) in [6.45, 7) is 0. The highest BCUT2D eigenvalue weighted by Gasteiger charge is 1.95. The maximum Gasteiger partial charge on any atom is 0.0283 e. The van der Waals surface area contributed by atoms with Gasteiger partial charge in [-0.05, 0) is 28.5 Å². The summed E-state index contributed by atoms with van der Waals surface area (Å²) in [5.41, 5.74) is 1.31. The van der Waals surface area contributed by atoms with Crippen LogP contribution in [0.3, 0.4) is 0 Å². The fourth-order valence-electron chi connectivity index (χ4n) is 1.35. The van der Waals surface area contributed by atoms with Crippen LogP contribution in [0.4, 0.5) is 0 Å². The van der Waals surface area contributed by atoms with Crippen molar-refractivity contribution < 1.29 is 0 Å². The number of alkyl halides is 1. The molecule has 0 fully saturated rings. The number of benzene rings is 2. The van der Waals surface area contributed by atoms with E-state index in [2.05, 4.69) is 68.3 Å². The Morgan fingerprint density at radius 1 is 0.923 bits per heavy atom. The monoisotopic (exact) mass is 298 g/mol.